The average Bonchev–Trinajstić information content (AvgIpc) is 2.66. The summed E-state index contributed by atoms with van der Waals surface area (Å²) in [4.78, 5) is 40.4. The Hall–Kier alpha value is -3.48. The lowest BCUT2D eigenvalue weighted by Gasteiger charge is -2.19. The molecule has 26 heavy (non-hydrogen) atoms. The number of carboxylic acids is 1. The number of fused-ring (bicyclic) bond motifs is 1. The highest BCUT2D eigenvalue weighted by molar-refractivity contribution is 5.85. The number of nitrogens with one attached hydrogen (secondary N) is 1. The largest absolute Gasteiger partial charge is 0.480 e. The molecule has 1 aromatic heterocycles. The summed E-state index contributed by atoms with van der Waals surface area (Å²) >= 11 is 0. The lowest BCUT2D eigenvalue weighted by atomic mass is 10.0. The van der Waals surface area contributed by atoms with Gasteiger partial charge >= 0.3 is 5.97 Å². The quantitative estimate of drug-likeness (QED) is 0.699. The number of carboxylic acid groups (broad SMARTS) is 1. The fourth-order valence-corrected chi connectivity index (χ4v) is 2.74. The first-order valence-electron chi connectivity index (χ1n) is 8.05. The Morgan fingerprint density at radius 3 is 2.50 bits per heavy atom. The summed E-state index contributed by atoms with van der Waals surface area (Å²) in [6, 6.07) is 15.2. The number of aromatic nitrogens is 2. The highest BCUT2D eigenvalue weighted by Gasteiger charge is 2.23. The molecular weight excluding hydrogens is 334 g/mol. The number of carbonyl (C=O) groups excluding carboxylic acids is 1. The average molecular weight is 351 g/mol. The Morgan fingerprint density at radius 2 is 1.77 bits per heavy atom. The van der Waals surface area contributed by atoms with Gasteiger partial charge in [0.05, 0.1) is 17.2 Å². The molecule has 0 unspecified atom stereocenters. The summed E-state index contributed by atoms with van der Waals surface area (Å²) in [7, 11) is 0. The van der Waals surface area contributed by atoms with Gasteiger partial charge in [-0.3, -0.25) is 19.0 Å². The van der Waals surface area contributed by atoms with Gasteiger partial charge in [-0.15, -0.1) is 0 Å². The van der Waals surface area contributed by atoms with Crippen LogP contribution in [-0.4, -0.2) is 33.1 Å². The maximum absolute atomic E-state index is 12.8. The van der Waals surface area contributed by atoms with E-state index >= 15 is 0 Å². The van der Waals surface area contributed by atoms with Crippen LogP contribution in [0.2, 0.25) is 0 Å². The SMILES string of the molecule is O=C(O)CNC(=O)[C@H](Cc1ccccc1)n1cnc2ccccc2c1=O. The molecule has 0 radical (unpaired) electrons. The predicted octanol–water partition coefficient (Wildman–Crippen LogP) is 1.38. The van der Waals surface area contributed by atoms with E-state index in [1.54, 1.807) is 24.3 Å². The Bertz CT molecular complexity index is 998. The van der Waals surface area contributed by atoms with E-state index in [-0.39, 0.29) is 12.0 Å². The first-order chi connectivity index (χ1) is 12.6. The number of para-hydroxylation sites is 1. The zero-order chi connectivity index (χ0) is 18.5. The third-order valence-corrected chi connectivity index (χ3v) is 4.01. The molecule has 1 atom stereocenters. The van der Waals surface area contributed by atoms with Crippen molar-refractivity contribution in [3.05, 3.63) is 76.8 Å². The Morgan fingerprint density at radius 1 is 1.08 bits per heavy atom. The van der Waals surface area contributed by atoms with E-state index in [2.05, 4.69) is 10.3 Å². The molecule has 7 heteroatoms. The summed E-state index contributed by atoms with van der Waals surface area (Å²) in [6.45, 7) is -0.514. The number of amides is 1. The van der Waals surface area contributed by atoms with Gasteiger partial charge in [0.1, 0.15) is 12.6 Å². The van der Waals surface area contributed by atoms with Gasteiger partial charge in [0.2, 0.25) is 5.91 Å². The third kappa shape index (κ3) is 3.77. The van der Waals surface area contributed by atoms with Crippen molar-refractivity contribution < 1.29 is 14.7 Å². The van der Waals surface area contributed by atoms with Crippen molar-refractivity contribution >= 4 is 22.8 Å². The van der Waals surface area contributed by atoms with Crippen molar-refractivity contribution in [2.75, 3.05) is 6.54 Å². The van der Waals surface area contributed by atoms with Gasteiger partial charge in [-0.05, 0) is 17.7 Å². The molecule has 0 aliphatic heterocycles. The summed E-state index contributed by atoms with van der Waals surface area (Å²) < 4.78 is 1.26. The minimum absolute atomic E-state index is 0.242. The molecule has 3 aromatic rings. The molecule has 0 aliphatic rings. The second kappa shape index (κ2) is 7.60. The van der Waals surface area contributed by atoms with Gasteiger partial charge in [-0.25, -0.2) is 4.98 Å². The van der Waals surface area contributed by atoms with Crippen LogP contribution >= 0.6 is 0 Å². The monoisotopic (exact) mass is 351 g/mol. The van der Waals surface area contributed by atoms with Gasteiger partial charge in [-0.1, -0.05) is 42.5 Å². The van der Waals surface area contributed by atoms with Gasteiger partial charge < -0.3 is 10.4 Å². The molecule has 7 nitrogen and oxygen atoms in total. The summed E-state index contributed by atoms with van der Waals surface area (Å²) in [5.41, 5.74) is 1.04. The van der Waals surface area contributed by atoms with Crippen LogP contribution in [0.5, 0.6) is 0 Å². The molecule has 3 rings (SSSR count). The van der Waals surface area contributed by atoms with E-state index in [4.69, 9.17) is 5.11 Å². The normalized spacial score (nSPS) is 11.8. The highest BCUT2D eigenvalue weighted by atomic mass is 16.4. The molecular formula is C19H17N3O4. The molecule has 0 saturated heterocycles. The van der Waals surface area contributed by atoms with Crippen molar-refractivity contribution in [3.8, 4) is 0 Å². The zero-order valence-corrected chi connectivity index (χ0v) is 13.8. The van der Waals surface area contributed by atoms with Crippen molar-refractivity contribution in [1.29, 1.82) is 0 Å². The number of carbonyl (C=O) groups is 2. The van der Waals surface area contributed by atoms with E-state index in [1.807, 2.05) is 30.3 Å². The summed E-state index contributed by atoms with van der Waals surface area (Å²) in [5, 5.41) is 11.6. The first kappa shape index (κ1) is 17.3. The van der Waals surface area contributed by atoms with Gasteiger partial charge in [-0.2, -0.15) is 0 Å². The lowest BCUT2D eigenvalue weighted by molar-refractivity contribution is -0.138. The van der Waals surface area contributed by atoms with Crippen LogP contribution in [0.1, 0.15) is 11.6 Å². The van der Waals surface area contributed by atoms with Crippen molar-refractivity contribution in [2.45, 2.75) is 12.5 Å². The zero-order valence-electron chi connectivity index (χ0n) is 13.8. The Labute approximate surface area is 148 Å². The van der Waals surface area contributed by atoms with E-state index in [0.29, 0.717) is 10.9 Å². The molecule has 2 N–H and O–H groups in total. The molecule has 1 amide bonds. The van der Waals surface area contributed by atoms with Crippen molar-refractivity contribution in [1.82, 2.24) is 14.9 Å². The van der Waals surface area contributed by atoms with Crippen molar-refractivity contribution in [2.24, 2.45) is 0 Å². The number of nitrogens with zero attached hydrogens (tertiary/aromatic N) is 2. The fourth-order valence-electron chi connectivity index (χ4n) is 2.74. The van der Waals surface area contributed by atoms with Gasteiger partial charge in [0, 0.05) is 6.42 Å². The van der Waals surface area contributed by atoms with Crippen LogP contribution in [0.15, 0.2) is 65.7 Å². The fraction of sp³-hybridized carbons (Fsp3) is 0.158. The Balaban J connectivity index is 2.02. The van der Waals surface area contributed by atoms with E-state index in [1.165, 1.54) is 10.9 Å². The maximum Gasteiger partial charge on any atom is 0.322 e. The summed E-state index contributed by atoms with van der Waals surface area (Å²) in [6.07, 6.45) is 1.57. The molecule has 0 aliphatic carbocycles. The van der Waals surface area contributed by atoms with Gasteiger partial charge in [0.15, 0.2) is 0 Å². The van der Waals surface area contributed by atoms with E-state index in [0.717, 1.165) is 5.56 Å². The Kier molecular flexibility index (Phi) is 5.07. The molecule has 0 bridgehead atoms. The number of aliphatic carboxylic acids is 1. The minimum atomic E-state index is -1.15. The molecule has 132 valence electrons. The standard InChI is InChI=1S/C19H17N3O4/c23-17(24)11-20-18(25)16(10-13-6-2-1-3-7-13)22-12-21-15-9-5-4-8-14(15)19(22)26/h1-9,12,16H,10-11H2,(H,20,25)(H,23,24)/t16-/m0/s1. The van der Waals surface area contributed by atoms with Crippen molar-refractivity contribution in [3.63, 3.8) is 0 Å². The number of benzene rings is 2. The smallest absolute Gasteiger partial charge is 0.322 e. The second-order valence-corrected chi connectivity index (χ2v) is 5.79. The van der Waals surface area contributed by atoms with E-state index in [9.17, 15) is 14.4 Å². The molecule has 1 heterocycles. The summed E-state index contributed by atoms with van der Waals surface area (Å²) in [5.74, 6) is -1.70. The number of hydrogen-bond donors (Lipinski definition) is 2. The van der Waals surface area contributed by atoms with Crippen LogP contribution in [0.3, 0.4) is 0 Å². The first-order valence-corrected chi connectivity index (χ1v) is 8.05. The highest BCUT2D eigenvalue weighted by Crippen LogP contribution is 2.15. The molecule has 0 fully saturated rings. The van der Waals surface area contributed by atoms with E-state index < -0.39 is 24.5 Å². The third-order valence-electron chi connectivity index (χ3n) is 4.01. The molecule has 0 saturated carbocycles. The minimum Gasteiger partial charge on any atom is -0.480 e. The lowest BCUT2D eigenvalue weighted by Crippen LogP contribution is -2.40. The predicted molar refractivity (Wildman–Crippen MR) is 95.8 cm³/mol. The number of rotatable bonds is 6. The second-order valence-electron chi connectivity index (χ2n) is 5.79. The van der Waals surface area contributed by atoms with Crippen LogP contribution < -0.4 is 10.9 Å². The molecule has 0 spiro atoms. The van der Waals surface area contributed by atoms with Crippen LogP contribution in [-0.2, 0) is 16.0 Å². The topological polar surface area (TPSA) is 101 Å². The van der Waals surface area contributed by atoms with Crippen LogP contribution in [0, 0.1) is 0 Å². The number of hydrogen-bond acceptors (Lipinski definition) is 4. The van der Waals surface area contributed by atoms with Gasteiger partial charge in [0.25, 0.3) is 5.56 Å². The van der Waals surface area contributed by atoms with Crippen LogP contribution in [0.4, 0.5) is 0 Å². The maximum atomic E-state index is 12.8. The van der Waals surface area contributed by atoms with Crippen LogP contribution in [0.25, 0.3) is 10.9 Å². The molecule has 2 aromatic carbocycles.